The molecule has 0 radical (unpaired) electrons. The maximum absolute atomic E-state index is 13.0. The molecule has 0 spiro atoms. The van der Waals surface area contributed by atoms with Crippen LogP contribution in [-0.4, -0.2) is 30.3 Å². The molecule has 0 heterocycles. The summed E-state index contributed by atoms with van der Waals surface area (Å²) in [6, 6.07) is 5.87. The van der Waals surface area contributed by atoms with Crippen LogP contribution in [0.15, 0.2) is 36.4 Å². The molecule has 0 saturated carbocycles. The van der Waals surface area contributed by atoms with Gasteiger partial charge in [0.05, 0.1) is 17.7 Å². The molecule has 0 unspecified atom stereocenters. The van der Waals surface area contributed by atoms with E-state index in [2.05, 4.69) is 5.32 Å². The Hall–Kier alpha value is -3.04. The molecule has 2 aromatic carbocycles. The number of likely N-dealkylation sites (N-methyl/N-ethyl adjacent to an activating group) is 1. The first-order valence-corrected chi connectivity index (χ1v) is 8.61. The Bertz CT molecular complexity index is 914. The van der Waals surface area contributed by atoms with Crippen LogP contribution in [0, 0.1) is 13.8 Å². The molecule has 0 atom stereocenters. The van der Waals surface area contributed by atoms with E-state index < -0.39 is 47.4 Å². The first-order chi connectivity index (χ1) is 13.7. The molecule has 0 aromatic heterocycles. The monoisotopic (exact) mass is 432 g/mol. The van der Waals surface area contributed by atoms with Crippen LogP contribution in [0.25, 0.3) is 0 Å². The van der Waals surface area contributed by atoms with E-state index in [0.29, 0.717) is 17.8 Å². The van der Waals surface area contributed by atoms with Gasteiger partial charge in [0.15, 0.2) is 0 Å². The van der Waals surface area contributed by atoms with E-state index in [0.717, 1.165) is 23.1 Å². The molecule has 0 aliphatic carbocycles. The summed E-state index contributed by atoms with van der Waals surface area (Å²) in [6.45, 7) is 2.93. The molecule has 0 bridgehead atoms. The number of carbonyl (C=O) groups is 2. The highest BCUT2D eigenvalue weighted by molar-refractivity contribution is 6.00. The lowest BCUT2D eigenvalue weighted by Crippen LogP contribution is -2.35. The number of alkyl halides is 6. The van der Waals surface area contributed by atoms with Gasteiger partial charge in [-0.05, 0) is 43.2 Å². The molecule has 162 valence electrons. The molecule has 1 N–H and O–H groups in total. The van der Waals surface area contributed by atoms with Crippen molar-refractivity contribution in [2.24, 2.45) is 0 Å². The number of aryl methyl sites for hydroxylation is 2. The van der Waals surface area contributed by atoms with Crippen molar-refractivity contribution in [1.29, 1.82) is 0 Å². The van der Waals surface area contributed by atoms with E-state index in [1.54, 1.807) is 32.0 Å². The van der Waals surface area contributed by atoms with E-state index in [4.69, 9.17) is 0 Å². The molecule has 0 fully saturated rings. The smallest absolute Gasteiger partial charge is 0.332 e. The van der Waals surface area contributed by atoms with Crippen LogP contribution in [0.3, 0.4) is 0 Å². The summed E-state index contributed by atoms with van der Waals surface area (Å²) in [4.78, 5) is 25.4. The van der Waals surface area contributed by atoms with E-state index in [9.17, 15) is 35.9 Å². The normalized spacial score (nSPS) is 11.9. The van der Waals surface area contributed by atoms with Gasteiger partial charge in [-0.3, -0.25) is 9.59 Å². The molecule has 4 nitrogen and oxygen atoms in total. The Morgan fingerprint density at radius 3 is 1.80 bits per heavy atom. The minimum Gasteiger partial charge on any atom is -0.332 e. The lowest BCUT2D eigenvalue weighted by Gasteiger charge is -2.20. The van der Waals surface area contributed by atoms with Crippen LogP contribution in [0.5, 0.6) is 0 Å². The maximum atomic E-state index is 13.0. The standard InChI is InChI=1S/C20H18F6N2O2/c1-11-5-4-6-12(2)17(11)27-16(29)10-28(3)18(30)13-7-14(19(21,22)23)9-15(8-13)20(24,25)26/h4-9H,10H2,1-3H3,(H,27,29). The summed E-state index contributed by atoms with van der Waals surface area (Å²) in [7, 11) is 1.11. The van der Waals surface area contributed by atoms with Gasteiger partial charge in [0.1, 0.15) is 0 Å². The number of amides is 2. The van der Waals surface area contributed by atoms with Crippen LogP contribution in [-0.2, 0) is 17.1 Å². The molecule has 30 heavy (non-hydrogen) atoms. The van der Waals surface area contributed by atoms with Crippen LogP contribution in [0.1, 0.15) is 32.6 Å². The van der Waals surface area contributed by atoms with Crippen molar-refractivity contribution in [2.45, 2.75) is 26.2 Å². The van der Waals surface area contributed by atoms with Crippen molar-refractivity contribution in [3.05, 3.63) is 64.2 Å². The summed E-state index contributed by atoms with van der Waals surface area (Å²) in [5.41, 5.74) is -2.00. The van der Waals surface area contributed by atoms with Gasteiger partial charge in [-0.25, -0.2) is 0 Å². The molecular formula is C20H18F6N2O2. The number of benzene rings is 2. The topological polar surface area (TPSA) is 49.4 Å². The van der Waals surface area contributed by atoms with Crippen LogP contribution >= 0.6 is 0 Å². The number of anilines is 1. The Kier molecular flexibility index (Phi) is 6.48. The minimum absolute atomic E-state index is 0.0650. The van der Waals surface area contributed by atoms with E-state index in [-0.39, 0.29) is 6.07 Å². The number of nitrogens with zero attached hydrogens (tertiary/aromatic N) is 1. The zero-order chi connectivity index (χ0) is 22.9. The molecule has 10 heteroatoms. The van der Waals surface area contributed by atoms with Crippen molar-refractivity contribution < 1.29 is 35.9 Å². The first kappa shape index (κ1) is 23.2. The molecule has 2 rings (SSSR count). The average molecular weight is 432 g/mol. The highest BCUT2D eigenvalue weighted by Gasteiger charge is 2.37. The van der Waals surface area contributed by atoms with Crippen LogP contribution in [0.2, 0.25) is 0 Å². The molecule has 0 aliphatic rings. The fourth-order valence-corrected chi connectivity index (χ4v) is 2.78. The van der Waals surface area contributed by atoms with E-state index in [1.807, 2.05) is 0 Å². The van der Waals surface area contributed by atoms with Gasteiger partial charge in [0.2, 0.25) is 5.91 Å². The number of hydrogen-bond acceptors (Lipinski definition) is 2. The lowest BCUT2D eigenvalue weighted by molar-refractivity contribution is -0.143. The Morgan fingerprint density at radius 1 is 0.900 bits per heavy atom. The number of halogens is 6. The number of carbonyl (C=O) groups excluding carboxylic acids is 2. The number of hydrogen-bond donors (Lipinski definition) is 1. The van der Waals surface area contributed by atoms with Gasteiger partial charge in [0, 0.05) is 18.3 Å². The van der Waals surface area contributed by atoms with Gasteiger partial charge in [0.25, 0.3) is 5.91 Å². The van der Waals surface area contributed by atoms with Crippen LogP contribution in [0.4, 0.5) is 32.0 Å². The summed E-state index contributed by atoms with van der Waals surface area (Å²) in [6.07, 6.45) is -10.1. The molecular weight excluding hydrogens is 414 g/mol. The second kappa shape index (κ2) is 8.37. The summed E-state index contributed by atoms with van der Waals surface area (Å²) >= 11 is 0. The summed E-state index contributed by atoms with van der Waals surface area (Å²) < 4.78 is 77.8. The predicted molar refractivity (Wildman–Crippen MR) is 98.0 cm³/mol. The van der Waals surface area contributed by atoms with E-state index in [1.165, 1.54) is 0 Å². The van der Waals surface area contributed by atoms with E-state index >= 15 is 0 Å². The number of rotatable bonds is 4. The second-order valence-electron chi connectivity index (χ2n) is 6.77. The summed E-state index contributed by atoms with van der Waals surface area (Å²) in [5, 5.41) is 2.59. The zero-order valence-electron chi connectivity index (χ0n) is 16.2. The highest BCUT2D eigenvalue weighted by atomic mass is 19.4. The Balaban J connectivity index is 2.26. The van der Waals surface area contributed by atoms with Crippen LogP contribution < -0.4 is 5.32 Å². The van der Waals surface area contributed by atoms with Gasteiger partial charge < -0.3 is 10.2 Å². The van der Waals surface area contributed by atoms with Gasteiger partial charge >= 0.3 is 12.4 Å². The molecule has 0 aliphatic heterocycles. The minimum atomic E-state index is -5.07. The summed E-state index contributed by atoms with van der Waals surface area (Å²) in [5.74, 6) is -1.80. The number of para-hydroxylation sites is 1. The zero-order valence-corrected chi connectivity index (χ0v) is 16.2. The third-order valence-corrected chi connectivity index (χ3v) is 4.31. The largest absolute Gasteiger partial charge is 0.416 e. The van der Waals surface area contributed by atoms with Crippen molar-refractivity contribution in [1.82, 2.24) is 4.90 Å². The lowest BCUT2D eigenvalue weighted by atomic mass is 10.0. The predicted octanol–water partition coefficient (Wildman–Crippen LogP) is 5.05. The fourth-order valence-electron chi connectivity index (χ4n) is 2.78. The van der Waals surface area contributed by atoms with Gasteiger partial charge in [-0.2, -0.15) is 26.3 Å². The van der Waals surface area contributed by atoms with Gasteiger partial charge in [-0.1, -0.05) is 18.2 Å². The Morgan fingerprint density at radius 2 is 1.37 bits per heavy atom. The van der Waals surface area contributed by atoms with Crippen molar-refractivity contribution in [2.75, 3.05) is 18.9 Å². The highest BCUT2D eigenvalue weighted by Crippen LogP contribution is 2.36. The molecule has 2 amide bonds. The first-order valence-electron chi connectivity index (χ1n) is 8.61. The SMILES string of the molecule is Cc1cccc(C)c1NC(=O)CN(C)C(=O)c1cc(C(F)(F)F)cc(C(F)(F)F)c1. The average Bonchev–Trinajstić information content (AvgIpc) is 2.62. The Labute approximate surface area is 168 Å². The third-order valence-electron chi connectivity index (χ3n) is 4.31. The molecule has 0 saturated heterocycles. The quantitative estimate of drug-likeness (QED) is 0.688. The number of nitrogens with one attached hydrogen (secondary N) is 1. The van der Waals surface area contributed by atoms with Crippen molar-refractivity contribution in [3.8, 4) is 0 Å². The molecule has 2 aromatic rings. The fraction of sp³-hybridized carbons (Fsp3) is 0.300. The maximum Gasteiger partial charge on any atom is 0.416 e. The van der Waals surface area contributed by atoms with Gasteiger partial charge in [-0.15, -0.1) is 0 Å². The van der Waals surface area contributed by atoms with Crippen molar-refractivity contribution in [3.63, 3.8) is 0 Å². The van der Waals surface area contributed by atoms with Crippen molar-refractivity contribution >= 4 is 17.5 Å². The third kappa shape index (κ3) is 5.52. The second-order valence-corrected chi connectivity index (χ2v) is 6.77.